The largest absolute Gasteiger partial charge is 0.366 e. The van der Waals surface area contributed by atoms with Crippen LogP contribution >= 0.6 is 0 Å². The lowest BCUT2D eigenvalue weighted by Crippen LogP contribution is -2.40. The van der Waals surface area contributed by atoms with Gasteiger partial charge in [-0.1, -0.05) is 13.8 Å². The van der Waals surface area contributed by atoms with Gasteiger partial charge in [0.25, 0.3) is 0 Å². The summed E-state index contributed by atoms with van der Waals surface area (Å²) >= 11 is 0. The second kappa shape index (κ2) is 6.63. The summed E-state index contributed by atoms with van der Waals surface area (Å²) in [6, 6.07) is 5.91. The molecule has 1 saturated carbocycles. The van der Waals surface area contributed by atoms with Gasteiger partial charge < -0.3 is 11.1 Å². The third-order valence-corrected chi connectivity index (χ3v) is 4.96. The summed E-state index contributed by atoms with van der Waals surface area (Å²) in [5.74, 6) is 0.116. The summed E-state index contributed by atoms with van der Waals surface area (Å²) < 4.78 is 2.01. The zero-order valence-corrected chi connectivity index (χ0v) is 14.2. The van der Waals surface area contributed by atoms with Crippen LogP contribution in [0.1, 0.15) is 55.9 Å². The van der Waals surface area contributed by atoms with Gasteiger partial charge in [0.1, 0.15) is 0 Å². The highest BCUT2D eigenvalue weighted by atomic mass is 16.2. The van der Waals surface area contributed by atoms with E-state index in [2.05, 4.69) is 17.3 Å². The average Bonchev–Trinajstić information content (AvgIpc) is 2.97. The summed E-state index contributed by atoms with van der Waals surface area (Å²) in [4.78, 5) is 22.9. The molecule has 3 N–H and O–H groups in total. The van der Waals surface area contributed by atoms with E-state index < -0.39 is 5.91 Å². The maximum absolute atomic E-state index is 11.6. The van der Waals surface area contributed by atoms with Gasteiger partial charge in [0, 0.05) is 29.6 Å². The Kier molecular flexibility index (Phi) is 4.55. The number of primary amides is 1. The molecule has 0 bridgehead atoms. The van der Waals surface area contributed by atoms with Crippen molar-refractivity contribution < 1.29 is 9.59 Å². The first-order valence-corrected chi connectivity index (χ1v) is 8.56. The van der Waals surface area contributed by atoms with Gasteiger partial charge >= 0.3 is 0 Å². The summed E-state index contributed by atoms with van der Waals surface area (Å²) in [5, 5.41) is 8.69. The number of hydrogen-bond donors (Lipinski definition) is 2. The van der Waals surface area contributed by atoms with Gasteiger partial charge in [0.05, 0.1) is 11.6 Å². The standard InChI is InChI=1S/C18H24N4O2/c1-3-17(23)20-14-5-7-16(11(2)8-14)22-10-13-9-12(18(19)24)4-6-15(13)21-22/h4,6,9-11,14,16H,3,5,7-8H2,1-2H3,(H2,19,24)(H,20,23). The summed E-state index contributed by atoms with van der Waals surface area (Å²) in [6.07, 6.45) is 5.42. The van der Waals surface area contributed by atoms with Crippen LogP contribution in [0.25, 0.3) is 10.9 Å². The summed E-state index contributed by atoms with van der Waals surface area (Å²) in [7, 11) is 0. The van der Waals surface area contributed by atoms with E-state index in [4.69, 9.17) is 5.73 Å². The normalized spacial score (nSPS) is 24.0. The van der Waals surface area contributed by atoms with Gasteiger partial charge in [-0.25, -0.2) is 0 Å². The van der Waals surface area contributed by atoms with Crippen LogP contribution in [0.2, 0.25) is 0 Å². The van der Waals surface area contributed by atoms with Gasteiger partial charge in [-0.3, -0.25) is 14.3 Å². The monoisotopic (exact) mass is 328 g/mol. The minimum absolute atomic E-state index is 0.120. The molecule has 128 valence electrons. The number of fused-ring (bicyclic) bond motifs is 1. The Balaban J connectivity index is 1.76. The van der Waals surface area contributed by atoms with Crippen LogP contribution in [0.4, 0.5) is 0 Å². The minimum Gasteiger partial charge on any atom is -0.366 e. The molecule has 1 heterocycles. The van der Waals surface area contributed by atoms with E-state index in [-0.39, 0.29) is 11.9 Å². The Morgan fingerprint density at radius 3 is 2.83 bits per heavy atom. The number of benzene rings is 1. The molecule has 2 amide bonds. The van der Waals surface area contributed by atoms with E-state index in [1.54, 1.807) is 12.1 Å². The first kappa shape index (κ1) is 16.5. The molecule has 3 rings (SSSR count). The summed E-state index contributed by atoms with van der Waals surface area (Å²) in [5.41, 5.74) is 6.71. The second-order valence-electron chi connectivity index (χ2n) is 6.72. The van der Waals surface area contributed by atoms with Crippen LogP contribution in [0.15, 0.2) is 24.4 Å². The number of rotatable bonds is 4. The molecule has 6 nitrogen and oxygen atoms in total. The highest BCUT2D eigenvalue weighted by Gasteiger charge is 2.30. The third kappa shape index (κ3) is 3.27. The lowest BCUT2D eigenvalue weighted by Gasteiger charge is -2.34. The molecule has 0 saturated heterocycles. The number of carbonyl (C=O) groups excluding carboxylic acids is 2. The van der Waals surface area contributed by atoms with Crippen molar-refractivity contribution in [3.63, 3.8) is 0 Å². The van der Waals surface area contributed by atoms with Crippen molar-refractivity contribution in [3.05, 3.63) is 30.0 Å². The number of nitrogens with two attached hydrogens (primary N) is 1. The molecule has 3 atom stereocenters. The lowest BCUT2D eigenvalue weighted by atomic mass is 9.82. The fourth-order valence-corrected chi connectivity index (χ4v) is 3.60. The van der Waals surface area contributed by atoms with E-state index in [0.717, 1.165) is 30.2 Å². The van der Waals surface area contributed by atoms with Crippen LogP contribution in [-0.2, 0) is 4.79 Å². The number of amides is 2. The number of carbonyl (C=O) groups is 2. The lowest BCUT2D eigenvalue weighted by molar-refractivity contribution is -0.121. The molecule has 2 aromatic rings. The number of nitrogens with zero attached hydrogens (tertiary/aromatic N) is 2. The zero-order valence-electron chi connectivity index (χ0n) is 14.2. The average molecular weight is 328 g/mol. The Hall–Kier alpha value is -2.37. The number of hydrogen-bond acceptors (Lipinski definition) is 3. The predicted octanol–water partition coefficient (Wildman–Crippen LogP) is 2.39. The molecule has 1 aliphatic carbocycles. The van der Waals surface area contributed by atoms with E-state index >= 15 is 0 Å². The number of aromatic nitrogens is 2. The van der Waals surface area contributed by atoms with E-state index in [0.29, 0.717) is 23.9 Å². The Bertz CT molecular complexity index is 767. The van der Waals surface area contributed by atoms with Gasteiger partial charge in [-0.15, -0.1) is 0 Å². The fraction of sp³-hybridized carbons (Fsp3) is 0.500. The molecule has 1 aromatic heterocycles. The predicted molar refractivity (Wildman–Crippen MR) is 92.5 cm³/mol. The van der Waals surface area contributed by atoms with Crippen LogP contribution in [0, 0.1) is 5.92 Å². The molecule has 1 aromatic carbocycles. The highest BCUT2D eigenvalue weighted by Crippen LogP contribution is 2.34. The van der Waals surface area contributed by atoms with E-state index in [9.17, 15) is 9.59 Å². The van der Waals surface area contributed by atoms with Gasteiger partial charge in [-0.2, -0.15) is 5.10 Å². The highest BCUT2D eigenvalue weighted by molar-refractivity contribution is 5.96. The van der Waals surface area contributed by atoms with Crippen LogP contribution in [0.3, 0.4) is 0 Å². The molecule has 24 heavy (non-hydrogen) atoms. The van der Waals surface area contributed by atoms with Crippen molar-refractivity contribution >= 4 is 22.7 Å². The van der Waals surface area contributed by atoms with Crippen LogP contribution < -0.4 is 11.1 Å². The molecular formula is C18H24N4O2. The molecule has 1 fully saturated rings. The molecule has 1 aliphatic rings. The minimum atomic E-state index is -0.426. The topological polar surface area (TPSA) is 90.0 Å². The second-order valence-corrected chi connectivity index (χ2v) is 6.72. The first-order chi connectivity index (χ1) is 11.5. The van der Waals surface area contributed by atoms with Crippen molar-refractivity contribution in [1.82, 2.24) is 15.1 Å². The van der Waals surface area contributed by atoms with E-state index in [1.807, 2.05) is 23.9 Å². The van der Waals surface area contributed by atoms with Crippen LogP contribution in [-0.4, -0.2) is 27.6 Å². The summed E-state index contributed by atoms with van der Waals surface area (Å²) in [6.45, 7) is 4.08. The van der Waals surface area contributed by atoms with Crippen molar-refractivity contribution in [2.45, 2.75) is 51.6 Å². The Morgan fingerprint density at radius 1 is 1.38 bits per heavy atom. The molecule has 0 radical (unpaired) electrons. The van der Waals surface area contributed by atoms with Gasteiger partial charge in [0.2, 0.25) is 11.8 Å². The molecule has 6 heteroatoms. The van der Waals surface area contributed by atoms with Gasteiger partial charge in [0.15, 0.2) is 0 Å². The molecule has 0 aliphatic heterocycles. The maximum Gasteiger partial charge on any atom is 0.248 e. The van der Waals surface area contributed by atoms with Crippen LogP contribution in [0.5, 0.6) is 0 Å². The van der Waals surface area contributed by atoms with Crippen molar-refractivity contribution in [1.29, 1.82) is 0 Å². The fourth-order valence-electron chi connectivity index (χ4n) is 3.60. The molecular weight excluding hydrogens is 304 g/mol. The SMILES string of the molecule is CCC(=O)NC1CCC(n2cc3cc(C(N)=O)ccc3n2)C(C)C1. The Labute approximate surface area is 141 Å². The third-order valence-electron chi connectivity index (χ3n) is 4.96. The molecule has 0 spiro atoms. The first-order valence-electron chi connectivity index (χ1n) is 8.56. The maximum atomic E-state index is 11.6. The zero-order chi connectivity index (χ0) is 17.3. The van der Waals surface area contributed by atoms with Crippen molar-refractivity contribution in [2.75, 3.05) is 0 Å². The Morgan fingerprint density at radius 2 is 2.17 bits per heavy atom. The van der Waals surface area contributed by atoms with Gasteiger partial charge in [-0.05, 0) is 43.4 Å². The van der Waals surface area contributed by atoms with E-state index in [1.165, 1.54) is 0 Å². The number of nitrogens with one attached hydrogen (secondary N) is 1. The molecule has 3 unspecified atom stereocenters. The quantitative estimate of drug-likeness (QED) is 0.903. The van der Waals surface area contributed by atoms with Crippen molar-refractivity contribution in [2.24, 2.45) is 11.7 Å². The van der Waals surface area contributed by atoms with Crippen molar-refractivity contribution in [3.8, 4) is 0 Å². The smallest absolute Gasteiger partial charge is 0.248 e.